The van der Waals surface area contributed by atoms with Crippen LogP contribution in [0.15, 0.2) is 73.2 Å². The zero-order valence-electron chi connectivity index (χ0n) is 19.2. The van der Waals surface area contributed by atoms with Crippen LogP contribution in [0.1, 0.15) is 17.1 Å². The van der Waals surface area contributed by atoms with E-state index in [9.17, 15) is 0 Å². The van der Waals surface area contributed by atoms with E-state index < -0.39 is 20.5 Å². The molecule has 0 saturated heterocycles. The Bertz CT molecular complexity index is 797. The zero-order valence-corrected chi connectivity index (χ0v) is 23.7. The number of nitrogens with zero attached hydrogens (tertiary/aromatic N) is 4. The zero-order chi connectivity index (χ0) is 26.2. The van der Waals surface area contributed by atoms with Crippen LogP contribution in [-0.2, 0) is 38.7 Å². The van der Waals surface area contributed by atoms with Crippen molar-refractivity contribution in [3.63, 3.8) is 0 Å². The molecule has 15 heteroatoms. The van der Waals surface area contributed by atoms with E-state index in [4.69, 9.17) is 37.3 Å². The summed E-state index contributed by atoms with van der Waals surface area (Å²) in [5.74, 6) is 0. The van der Waals surface area contributed by atoms with E-state index >= 15 is 0 Å². The summed E-state index contributed by atoms with van der Waals surface area (Å²) < 4.78 is 67.9. The van der Waals surface area contributed by atoms with Gasteiger partial charge in [-0.05, 0) is 36.4 Å². The molecule has 192 valence electrons. The number of pyridine rings is 3. The first-order chi connectivity index (χ1) is 16.4. The van der Waals surface area contributed by atoms with Crippen LogP contribution < -0.4 is 37.3 Å². The third-order valence-electron chi connectivity index (χ3n) is 4.23. The molecule has 0 saturated carbocycles. The van der Waals surface area contributed by atoms with Crippen LogP contribution in [0.4, 0.5) is 0 Å². The molecule has 0 fully saturated rings. The summed E-state index contributed by atoms with van der Waals surface area (Å²) in [4.78, 5) is 15.8. The average Bonchev–Trinajstić information content (AvgIpc) is 2.78. The SMILES string of the molecule is [O-][Cl+3]([O-])([O-])[O-].[O-][Cl+3]([O-])([O-])[O-].[Zn+2].c1ccc(CCN(CCc2ccccn2)CCc2ccccn2)nc1. The summed E-state index contributed by atoms with van der Waals surface area (Å²) in [6.07, 6.45) is 8.48. The minimum Gasteiger partial charge on any atom is -0.302 e. The monoisotopic (exact) mass is 594 g/mol. The predicted octanol–water partition coefficient (Wildman–Crippen LogP) is -6.31. The fraction of sp³-hybridized carbons (Fsp3) is 0.286. The smallest absolute Gasteiger partial charge is 0.302 e. The van der Waals surface area contributed by atoms with E-state index in [-0.39, 0.29) is 19.5 Å². The van der Waals surface area contributed by atoms with Crippen molar-refractivity contribution in [2.24, 2.45) is 0 Å². The van der Waals surface area contributed by atoms with E-state index in [1.807, 2.05) is 36.8 Å². The van der Waals surface area contributed by atoms with Gasteiger partial charge in [-0.3, -0.25) is 15.0 Å². The average molecular weight is 597 g/mol. The molecule has 0 atom stereocenters. The minimum absolute atomic E-state index is 0. The van der Waals surface area contributed by atoms with Crippen molar-refractivity contribution >= 4 is 0 Å². The number of hydrogen-bond donors (Lipinski definition) is 0. The van der Waals surface area contributed by atoms with Gasteiger partial charge < -0.3 is 4.90 Å². The topological polar surface area (TPSA) is 226 Å². The Morgan fingerprint density at radius 1 is 0.500 bits per heavy atom. The summed E-state index contributed by atoms with van der Waals surface area (Å²) in [5, 5.41) is 0. The molecule has 0 aliphatic heterocycles. The second kappa shape index (κ2) is 18.5. The van der Waals surface area contributed by atoms with Gasteiger partial charge in [-0.1, -0.05) is 18.2 Å². The van der Waals surface area contributed by atoms with Gasteiger partial charge in [-0.15, -0.1) is 20.5 Å². The van der Waals surface area contributed by atoms with Gasteiger partial charge in [0.15, 0.2) is 0 Å². The molecule has 3 rings (SSSR count). The van der Waals surface area contributed by atoms with E-state index in [1.54, 1.807) is 0 Å². The number of halogens is 2. The third kappa shape index (κ3) is 22.7. The Labute approximate surface area is 225 Å². The number of aromatic nitrogens is 3. The molecule has 0 bridgehead atoms. The van der Waals surface area contributed by atoms with E-state index in [0.29, 0.717) is 0 Å². The molecule has 0 spiro atoms. The second-order valence-corrected chi connectivity index (χ2v) is 8.32. The number of hydrogen-bond acceptors (Lipinski definition) is 12. The standard InChI is InChI=1S/C21H24N4.2ClHO4.Zn/c1-4-13-22-19(7-1)10-16-25(17-11-20-8-2-5-14-23-20)18-12-21-9-3-6-15-24-21;2*2-1(3,4)5;/h1-9,13-15H,10-12,16-18H2;2*(H,2,3,4,5);/q;;;+2/p-2. The van der Waals surface area contributed by atoms with Gasteiger partial charge in [0.1, 0.15) is 0 Å². The molecule has 12 nitrogen and oxygen atoms in total. The first-order valence-electron chi connectivity index (χ1n) is 10.1. The van der Waals surface area contributed by atoms with Gasteiger partial charge in [0.05, 0.1) is 0 Å². The second-order valence-electron chi connectivity index (χ2n) is 6.81. The van der Waals surface area contributed by atoms with Crippen LogP contribution in [0.2, 0.25) is 0 Å². The van der Waals surface area contributed by atoms with Crippen LogP contribution >= 0.6 is 0 Å². The molecule has 0 amide bonds. The van der Waals surface area contributed by atoms with Crippen molar-refractivity contribution in [1.82, 2.24) is 19.9 Å². The summed E-state index contributed by atoms with van der Waals surface area (Å²) in [5.41, 5.74) is 3.43. The Balaban J connectivity index is 0.000000949. The van der Waals surface area contributed by atoms with Crippen molar-refractivity contribution in [2.75, 3.05) is 19.6 Å². The largest absolute Gasteiger partial charge is 2.00 e. The normalized spacial score (nSPS) is 10.9. The summed E-state index contributed by atoms with van der Waals surface area (Å²) in [7, 11) is -9.89. The maximum atomic E-state index is 8.49. The fourth-order valence-electron chi connectivity index (χ4n) is 2.79. The van der Waals surface area contributed by atoms with Crippen molar-refractivity contribution < 1.29 is 77.2 Å². The maximum absolute atomic E-state index is 8.49. The predicted molar refractivity (Wildman–Crippen MR) is 100 cm³/mol. The third-order valence-corrected chi connectivity index (χ3v) is 4.23. The Morgan fingerprint density at radius 3 is 0.944 bits per heavy atom. The van der Waals surface area contributed by atoms with Crippen molar-refractivity contribution in [3.8, 4) is 0 Å². The van der Waals surface area contributed by atoms with Crippen molar-refractivity contribution in [3.05, 3.63) is 90.3 Å². The minimum atomic E-state index is -4.94. The molecule has 3 heterocycles. The molecule has 0 aromatic carbocycles. The van der Waals surface area contributed by atoms with Gasteiger partial charge in [0, 0.05) is 74.6 Å². The van der Waals surface area contributed by atoms with Gasteiger partial charge in [0.25, 0.3) is 0 Å². The summed E-state index contributed by atoms with van der Waals surface area (Å²) in [6, 6.07) is 18.3. The summed E-state index contributed by atoms with van der Waals surface area (Å²) >= 11 is 0. The first kappa shape index (κ1) is 34.3. The maximum Gasteiger partial charge on any atom is 2.00 e. The van der Waals surface area contributed by atoms with E-state index in [0.717, 1.165) is 56.0 Å². The molecule has 0 N–H and O–H groups in total. The molecular weight excluding hydrogens is 573 g/mol. The molecule has 0 radical (unpaired) electrons. The van der Waals surface area contributed by atoms with Crippen LogP contribution in [-0.4, -0.2) is 39.5 Å². The van der Waals surface area contributed by atoms with Gasteiger partial charge in [-0.2, -0.15) is 0 Å². The Kier molecular flexibility index (Phi) is 17.6. The van der Waals surface area contributed by atoms with Crippen LogP contribution in [0, 0.1) is 20.5 Å². The van der Waals surface area contributed by atoms with Crippen molar-refractivity contribution in [2.45, 2.75) is 19.3 Å². The molecule has 0 unspecified atom stereocenters. The fourth-order valence-corrected chi connectivity index (χ4v) is 2.79. The van der Waals surface area contributed by atoms with Gasteiger partial charge in [0.2, 0.25) is 0 Å². The molecule has 3 aromatic heterocycles. The Hall–Kier alpha value is -1.71. The molecule has 0 aliphatic rings. The Morgan fingerprint density at radius 2 is 0.750 bits per heavy atom. The quantitative estimate of drug-likeness (QED) is 0.210. The number of rotatable bonds is 9. The molecule has 3 aromatic rings. The van der Waals surface area contributed by atoms with E-state index in [1.165, 1.54) is 0 Å². The van der Waals surface area contributed by atoms with Gasteiger partial charge >= 0.3 is 19.5 Å². The summed E-state index contributed by atoms with van der Waals surface area (Å²) in [6.45, 7) is 2.99. The van der Waals surface area contributed by atoms with E-state index in [2.05, 4.69) is 56.3 Å². The molecule has 0 aliphatic carbocycles. The van der Waals surface area contributed by atoms with Crippen LogP contribution in [0.25, 0.3) is 0 Å². The molecule has 36 heavy (non-hydrogen) atoms. The van der Waals surface area contributed by atoms with Crippen LogP contribution in [0.5, 0.6) is 0 Å². The molecular formula is C21H24Cl2N4O8Zn. The first-order valence-corrected chi connectivity index (χ1v) is 12.5. The van der Waals surface area contributed by atoms with Gasteiger partial charge in [-0.25, -0.2) is 37.3 Å². The van der Waals surface area contributed by atoms with Crippen LogP contribution in [0.3, 0.4) is 0 Å². The van der Waals surface area contributed by atoms with Crippen molar-refractivity contribution in [1.29, 1.82) is 0 Å².